The average Bonchev–Trinajstić information content (AvgIpc) is 2.85. The highest BCUT2D eigenvalue weighted by Crippen LogP contribution is 2.44. The molecule has 0 N–H and O–H groups in total. The first kappa shape index (κ1) is 14.3. The molecule has 1 aromatic rings. The lowest BCUT2D eigenvalue weighted by atomic mass is 10.2. The molecule has 2 heterocycles. The number of anilines is 1. The summed E-state index contributed by atoms with van der Waals surface area (Å²) >= 11 is 4.67. The number of thiophene rings is 1. The van der Waals surface area contributed by atoms with Crippen LogP contribution in [-0.2, 0) is 14.8 Å². The molecule has 0 bridgehead atoms. The van der Waals surface area contributed by atoms with Crippen LogP contribution >= 0.6 is 27.3 Å². The van der Waals surface area contributed by atoms with Crippen LogP contribution in [0.4, 0.5) is 10.7 Å². The van der Waals surface area contributed by atoms with Gasteiger partial charge >= 0.3 is 5.97 Å². The minimum absolute atomic E-state index is 0.385. The monoisotopic (exact) mass is 344 g/mol. The largest absolute Gasteiger partial charge is 0.465 e. The molecule has 5 nitrogen and oxygen atoms in total. The summed E-state index contributed by atoms with van der Waals surface area (Å²) in [5, 5.41) is 1.31. The van der Waals surface area contributed by atoms with Gasteiger partial charge in [0.2, 0.25) is 5.69 Å². The molecule has 102 valence electrons. The van der Waals surface area contributed by atoms with Gasteiger partial charge in [-0.05, 0) is 5.56 Å². The summed E-state index contributed by atoms with van der Waals surface area (Å²) < 4.78 is 10.1. The summed E-state index contributed by atoms with van der Waals surface area (Å²) in [6.07, 6.45) is 0. The summed E-state index contributed by atoms with van der Waals surface area (Å²) in [5.74, 6) is -0.385. The fraction of sp³-hybridized carbons (Fsp3) is 0.500. The molecule has 0 aliphatic carbocycles. The van der Waals surface area contributed by atoms with Crippen LogP contribution < -0.4 is 4.90 Å². The first-order valence-corrected chi connectivity index (χ1v) is 7.66. The predicted octanol–water partition coefficient (Wildman–Crippen LogP) is 2.82. The van der Waals surface area contributed by atoms with Gasteiger partial charge in [-0.2, -0.15) is 0 Å². The Morgan fingerprint density at radius 2 is 2.26 bits per heavy atom. The third kappa shape index (κ3) is 2.76. The van der Waals surface area contributed by atoms with Crippen LogP contribution in [0.3, 0.4) is 0 Å². The number of hydrogen-bond donors (Lipinski definition) is 0. The Labute approximate surface area is 124 Å². The second-order valence-electron chi connectivity index (χ2n) is 3.90. The molecular formula is C12H13BrN2O3S. The number of methoxy groups -OCH3 is 1. The van der Waals surface area contributed by atoms with Crippen molar-refractivity contribution in [2.75, 3.05) is 38.3 Å². The number of rotatable bonds is 3. The van der Waals surface area contributed by atoms with Gasteiger partial charge in [-0.3, -0.25) is 0 Å². The fourth-order valence-electron chi connectivity index (χ4n) is 1.92. The van der Waals surface area contributed by atoms with E-state index in [1.165, 1.54) is 18.4 Å². The van der Waals surface area contributed by atoms with Gasteiger partial charge in [0.05, 0.1) is 31.9 Å². The topological polar surface area (TPSA) is 43.1 Å². The van der Waals surface area contributed by atoms with Crippen LogP contribution in [-0.4, -0.2) is 39.4 Å². The van der Waals surface area contributed by atoms with Gasteiger partial charge < -0.3 is 14.4 Å². The van der Waals surface area contributed by atoms with Crippen molar-refractivity contribution in [2.24, 2.45) is 0 Å². The number of hydrogen-bond acceptors (Lipinski definition) is 5. The molecule has 0 radical (unpaired) electrons. The molecule has 1 fully saturated rings. The molecule has 0 atom stereocenters. The van der Waals surface area contributed by atoms with Gasteiger partial charge in [0.1, 0.15) is 4.88 Å². The summed E-state index contributed by atoms with van der Waals surface area (Å²) in [7, 11) is 1.35. The van der Waals surface area contributed by atoms with E-state index in [1.54, 1.807) is 0 Å². The maximum Gasteiger partial charge on any atom is 0.347 e. The molecule has 0 amide bonds. The van der Waals surface area contributed by atoms with Crippen LogP contribution in [0.25, 0.3) is 4.85 Å². The molecule has 0 saturated carbocycles. The Morgan fingerprint density at radius 3 is 2.79 bits per heavy atom. The number of morpholine rings is 1. The van der Waals surface area contributed by atoms with Gasteiger partial charge in [0.15, 0.2) is 0 Å². The van der Waals surface area contributed by atoms with Crippen molar-refractivity contribution in [3.8, 4) is 0 Å². The number of nitrogens with zero attached hydrogens (tertiary/aromatic N) is 2. The van der Waals surface area contributed by atoms with Crippen LogP contribution in [0.1, 0.15) is 15.2 Å². The van der Waals surface area contributed by atoms with E-state index in [1.807, 2.05) is 0 Å². The highest BCUT2D eigenvalue weighted by Gasteiger charge is 2.26. The lowest BCUT2D eigenvalue weighted by molar-refractivity contribution is 0.0605. The zero-order valence-electron chi connectivity index (χ0n) is 10.4. The van der Waals surface area contributed by atoms with E-state index in [-0.39, 0.29) is 5.97 Å². The molecule has 19 heavy (non-hydrogen) atoms. The molecule has 2 rings (SSSR count). The number of alkyl halides is 1. The first-order chi connectivity index (χ1) is 9.22. The quantitative estimate of drug-likeness (QED) is 0.480. The fourth-order valence-corrected chi connectivity index (χ4v) is 3.88. The van der Waals surface area contributed by atoms with Crippen molar-refractivity contribution >= 4 is 43.9 Å². The average molecular weight is 345 g/mol. The van der Waals surface area contributed by atoms with E-state index < -0.39 is 0 Å². The van der Waals surface area contributed by atoms with Crippen molar-refractivity contribution in [1.82, 2.24) is 0 Å². The maximum atomic E-state index is 11.8. The molecule has 0 unspecified atom stereocenters. The number of halogens is 1. The van der Waals surface area contributed by atoms with Gasteiger partial charge in [-0.25, -0.2) is 9.64 Å². The SMILES string of the molecule is [C-]#[N+]c1c(N2CCOCC2)sc(C(=O)OC)c1CBr. The normalized spacial score (nSPS) is 15.1. The van der Waals surface area contributed by atoms with E-state index in [9.17, 15) is 4.79 Å². The molecule has 1 aliphatic rings. The Bertz CT molecular complexity index is 518. The highest BCUT2D eigenvalue weighted by molar-refractivity contribution is 9.08. The first-order valence-electron chi connectivity index (χ1n) is 5.73. The Kier molecular flexibility index (Phi) is 4.80. The van der Waals surface area contributed by atoms with Crippen LogP contribution in [0.2, 0.25) is 0 Å². The minimum Gasteiger partial charge on any atom is -0.465 e. The minimum atomic E-state index is -0.385. The van der Waals surface area contributed by atoms with Crippen LogP contribution in [0.5, 0.6) is 0 Å². The zero-order valence-corrected chi connectivity index (χ0v) is 12.8. The maximum absolute atomic E-state index is 11.8. The van der Waals surface area contributed by atoms with E-state index in [0.29, 0.717) is 34.7 Å². The predicted molar refractivity (Wildman–Crippen MR) is 77.6 cm³/mol. The van der Waals surface area contributed by atoms with E-state index >= 15 is 0 Å². The molecule has 1 aliphatic heterocycles. The van der Waals surface area contributed by atoms with E-state index in [2.05, 4.69) is 25.7 Å². The second kappa shape index (κ2) is 6.37. The van der Waals surface area contributed by atoms with Crippen molar-refractivity contribution in [3.63, 3.8) is 0 Å². The molecule has 0 spiro atoms. The smallest absolute Gasteiger partial charge is 0.347 e. The van der Waals surface area contributed by atoms with E-state index in [4.69, 9.17) is 16.0 Å². The van der Waals surface area contributed by atoms with Crippen molar-refractivity contribution in [2.45, 2.75) is 5.33 Å². The highest BCUT2D eigenvalue weighted by atomic mass is 79.9. The van der Waals surface area contributed by atoms with Crippen molar-refractivity contribution in [1.29, 1.82) is 0 Å². The zero-order chi connectivity index (χ0) is 13.8. The molecule has 1 saturated heterocycles. The molecule has 7 heteroatoms. The Balaban J connectivity index is 2.45. The third-order valence-electron chi connectivity index (χ3n) is 2.88. The summed E-state index contributed by atoms with van der Waals surface area (Å²) in [4.78, 5) is 18.0. The van der Waals surface area contributed by atoms with Gasteiger partial charge in [0, 0.05) is 18.4 Å². The number of ether oxygens (including phenoxy) is 2. The molecule has 0 aromatic carbocycles. The van der Waals surface area contributed by atoms with Crippen LogP contribution in [0.15, 0.2) is 0 Å². The number of carbonyl (C=O) groups is 1. The number of carbonyl (C=O) groups excluding carboxylic acids is 1. The standard InChI is InChI=1S/C12H13BrN2O3S/c1-14-9-8(7-13)10(12(16)17-2)19-11(9)15-3-5-18-6-4-15/h3-7H2,2H3. The number of esters is 1. The summed E-state index contributed by atoms with van der Waals surface area (Å²) in [5.41, 5.74) is 1.26. The molecular weight excluding hydrogens is 332 g/mol. The third-order valence-corrected chi connectivity index (χ3v) is 4.70. The summed E-state index contributed by atoms with van der Waals surface area (Å²) in [6.45, 7) is 10.1. The lowest BCUT2D eigenvalue weighted by Gasteiger charge is -2.28. The van der Waals surface area contributed by atoms with Gasteiger partial charge in [0.25, 0.3) is 0 Å². The summed E-state index contributed by atoms with van der Waals surface area (Å²) in [6, 6.07) is 0. The van der Waals surface area contributed by atoms with Crippen LogP contribution in [0, 0.1) is 6.57 Å². The van der Waals surface area contributed by atoms with Crippen molar-refractivity contribution in [3.05, 3.63) is 21.9 Å². The Hall–Kier alpha value is -1.10. The van der Waals surface area contributed by atoms with Crippen molar-refractivity contribution < 1.29 is 14.3 Å². The second-order valence-corrected chi connectivity index (χ2v) is 5.46. The Morgan fingerprint density at radius 1 is 1.58 bits per heavy atom. The molecule has 1 aromatic heterocycles. The van der Waals surface area contributed by atoms with Gasteiger partial charge in [-0.1, -0.05) is 15.9 Å². The lowest BCUT2D eigenvalue weighted by Crippen LogP contribution is -2.35. The van der Waals surface area contributed by atoms with E-state index in [0.717, 1.165) is 18.1 Å². The van der Waals surface area contributed by atoms with Gasteiger partial charge in [-0.15, -0.1) is 11.3 Å².